The van der Waals surface area contributed by atoms with Gasteiger partial charge in [0.25, 0.3) is 0 Å². The van der Waals surface area contributed by atoms with Crippen LogP contribution >= 0.6 is 0 Å². The van der Waals surface area contributed by atoms with Crippen molar-refractivity contribution >= 4 is 11.9 Å². The molecule has 2 N–H and O–H groups in total. The molecule has 0 aliphatic heterocycles. The van der Waals surface area contributed by atoms with E-state index in [9.17, 15) is 9.59 Å². The number of aliphatic hydroxyl groups is 2. The minimum Gasteiger partial charge on any atom is -0.462 e. The Balaban J connectivity index is 1.22. The zero-order chi connectivity index (χ0) is 37.1. The van der Waals surface area contributed by atoms with Crippen LogP contribution in [0.25, 0.3) is 0 Å². The molecule has 6 heteroatoms. The average molecular weight is 715 g/mol. The molecule has 52 heavy (non-hydrogen) atoms. The first-order valence-corrected chi connectivity index (χ1v) is 20.4. The molecule has 2 aliphatic carbocycles. The highest BCUT2D eigenvalue weighted by molar-refractivity contribution is 5.88. The van der Waals surface area contributed by atoms with Crippen LogP contribution in [0.4, 0.5) is 0 Å². The Morgan fingerprint density at radius 1 is 0.654 bits per heavy atom. The Hall–Kier alpha value is -3.22. The van der Waals surface area contributed by atoms with Crippen molar-refractivity contribution in [2.45, 2.75) is 140 Å². The highest BCUT2D eigenvalue weighted by Crippen LogP contribution is 2.41. The smallest absolute Gasteiger partial charge is 0.335 e. The van der Waals surface area contributed by atoms with Crippen molar-refractivity contribution in [2.75, 3.05) is 26.4 Å². The summed E-state index contributed by atoms with van der Waals surface area (Å²) in [5.74, 6) is 2.20. The molecule has 2 aromatic rings. The van der Waals surface area contributed by atoms with Gasteiger partial charge in [-0.2, -0.15) is 0 Å². The van der Waals surface area contributed by atoms with E-state index in [1.807, 2.05) is 0 Å². The van der Waals surface area contributed by atoms with Crippen LogP contribution < -0.4 is 0 Å². The number of unbranched alkanes of at least 4 members (excludes halogenated alkanes) is 2. The maximum Gasteiger partial charge on any atom is 0.335 e. The minimum atomic E-state index is -0.568. The third kappa shape index (κ3) is 13.6. The summed E-state index contributed by atoms with van der Waals surface area (Å²) >= 11 is 0. The first-order chi connectivity index (χ1) is 25.3. The summed E-state index contributed by atoms with van der Waals surface area (Å²) in [5.41, 5.74) is 5.74. The van der Waals surface area contributed by atoms with Gasteiger partial charge in [0, 0.05) is 0 Å². The number of esters is 2. The van der Waals surface area contributed by atoms with Crippen LogP contribution in [0.15, 0.2) is 72.8 Å². The third-order valence-electron chi connectivity index (χ3n) is 11.9. The van der Waals surface area contributed by atoms with Crippen LogP contribution in [0, 0.1) is 11.8 Å². The quantitative estimate of drug-likeness (QED) is 0.0717. The van der Waals surface area contributed by atoms with Crippen LogP contribution in [0.1, 0.15) is 156 Å². The molecule has 286 valence electrons. The van der Waals surface area contributed by atoms with Gasteiger partial charge in [0.2, 0.25) is 0 Å². The predicted octanol–water partition coefficient (Wildman–Crippen LogP) is 10.3. The zero-order valence-electron chi connectivity index (χ0n) is 32.0. The van der Waals surface area contributed by atoms with Crippen LogP contribution in [0.5, 0.6) is 0 Å². The van der Waals surface area contributed by atoms with Gasteiger partial charge in [-0.15, -0.1) is 0 Å². The Morgan fingerprint density at radius 3 is 1.58 bits per heavy atom. The van der Waals surface area contributed by atoms with E-state index < -0.39 is 25.2 Å². The van der Waals surface area contributed by atoms with Crippen LogP contribution in [-0.2, 0) is 25.5 Å². The lowest BCUT2D eigenvalue weighted by atomic mass is 9.75. The topological polar surface area (TPSA) is 93.1 Å². The lowest BCUT2D eigenvalue weighted by Crippen LogP contribution is -2.15. The summed E-state index contributed by atoms with van der Waals surface area (Å²) in [6.07, 6.45) is 21.8. The SMILES string of the molecule is C=C(CO)C(=O)OCCCC(CCCOC(=O)C(=C)CO)c1ccc(C2CCC(c3ccc(CCC4CCC(CCCCC)CC4)cc3)CC2)cc1. The molecule has 0 heterocycles. The summed E-state index contributed by atoms with van der Waals surface area (Å²) in [6.45, 7) is 9.04. The van der Waals surface area contributed by atoms with Crippen molar-refractivity contribution in [2.24, 2.45) is 11.8 Å². The number of rotatable bonds is 22. The molecule has 0 saturated heterocycles. The summed E-state index contributed by atoms with van der Waals surface area (Å²) in [5, 5.41) is 18.2. The molecule has 0 spiro atoms. The normalized spacial score (nSPS) is 20.4. The molecule has 0 amide bonds. The molecule has 0 radical (unpaired) electrons. The van der Waals surface area contributed by atoms with E-state index in [0.29, 0.717) is 24.7 Å². The monoisotopic (exact) mass is 714 g/mol. The van der Waals surface area contributed by atoms with Gasteiger partial charge in [-0.3, -0.25) is 0 Å². The van der Waals surface area contributed by atoms with E-state index >= 15 is 0 Å². The second-order valence-corrected chi connectivity index (χ2v) is 15.7. The minimum absolute atomic E-state index is 0.0521. The summed E-state index contributed by atoms with van der Waals surface area (Å²) < 4.78 is 10.5. The van der Waals surface area contributed by atoms with Crippen LogP contribution in [0.3, 0.4) is 0 Å². The van der Waals surface area contributed by atoms with E-state index in [0.717, 1.165) is 24.7 Å². The second kappa shape index (κ2) is 22.8. The molecule has 2 fully saturated rings. The average Bonchev–Trinajstić information content (AvgIpc) is 3.19. The summed E-state index contributed by atoms with van der Waals surface area (Å²) in [7, 11) is 0. The van der Waals surface area contributed by atoms with Crippen molar-refractivity contribution in [1.82, 2.24) is 0 Å². The predicted molar refractivity (Wildman–Crippen MR) is 210 cm³/mol. The first-order valence-electron chi connectivity index (χ1n) is 20.4. The molecular formula is C46H66O6. The van der Waals surface area contributed by atoms with Crippen molar-refractivity contribution in [3.05, 3.63) is 95.1 Å². The molecular weight excluding hydrogens is 649 g/mol. The van der Waals surface area contributed by atoms with Crippen molar-refractivity contribution in [3.8, 4) is 0 Å². The number of benzene rings is 2. The Morgan fingerprint density at radius 2 is 1.12 bits per heavy atom. The maximum atomic E-state index is 11.9. The Kier molecular flexibility index (Phi) is 18.2. The molecule has 6 nitrogen and oxygen atoms in total. The molecule has 0 atom stereocenters. The van der Waals surface area contributed by atoms with Gasteiger partial charge in [0.15, 0.2) is 0 Å². The van der Waals surface area contributed by atoms with E-state index in [-0.39, 0.29) is 30.3 Å². The maximum absolute atomic E-state index is 11.9. The number of hydrogen-bond donors (Lipinski definition) is 2. The number of aliphatic hydroxyl groups excluding tert-OH is 2. The number of ether oxygens (including phenoxy) is 2. The molecule has 2 aromatic carbocycles. The highest BCUT2D eigenvalue weighted by atomic mass is 16.5. The van der Waals surface area contributed by atoms with Crippen molar-refractivity contribution < 1.29 is 29.3 Å². The Bertz CT molecular complexity index is 1330. The van der Waals surface area contributed by atoms with E-state index in [2.05, 4.69) is 68.6 Å². The number of carbonyl (C=O) groups excluding carboxylic acids is 2. The number of carbonyl (C=O) groups is 2. The van der Waals surface area contributed by atoms with Gasteiger partial charge in [-0.25, -0.2) is 9.59 Å². The number of aryl methyl sites for hydroxylation is 1. The molecule has 0 bridgehead atoms. The summed E-state index contributed by atoms with van der Waals surface area (Å²) in [4.78, 5) is 23.8. The largest absolute Gasteiger partial charge is 0.462 e. The van der Waals surface area contributed by atoms with Gasteiger partial charge in [-0.05, 0) is 116 Å². The van der Waals surface area contributed by atoms with Gasteiger partial charge >= 0.3 is 11.9 Å². The molecule has 2 saturated carbocycles. The number of hydrogen-bond acceptors (Lipinski definition) is 6. The molecule has 2 aliphatic rings. The zero-order valence-corrected chi connectivity index (χ0v) is 32.0. The second-order valence-electron chi connectivity index (χ2n) is 15.7. The molecule has 0 unspecified atom stereocenters. The van der Waals surface area contributed by atoms with E-state index in [1.165, 1.54) is 112 Å². The molecule has 4 rings (SSSR count). The standard InChI is InChI=1S/C46H66O6/c1-4-5-6-9-36-12-14-37(15-13-36)16-17-38-18-20-40(21-19-38)42-26-28-44(29-27-42)43-24-22-41(23-25-43)39(10-7-30-51-45(49)34(2)32-47)11-8-31-52-46(50)35(3)33-48/h18-25,36-37,39,42,44,47-48H,2-17,26-33H2,1H3. The van der Waals surface area contributed by atoms with Gasteiger partial charge in [0.1, 0.15) is 0 Å². The third-order valence-corrected chi connectivity index (χ3v) is 11.9. The van der Waals surface area contributed by atoms with Crippen LogP contribution in [-0.4, -0.2) is 48.6 Å². The van der Waals surface area contributed by atoms with Gasteiger partial charge < -0.3 is 19.7 Å². The lowest BCUT2D eigenvalue weighted by molar-refractivity contribution is -0.140. The van der Waals surface area contributed by atoms with Gasteiger partial charge in [-0.1, -0.05) is 120 Å². The Labute approximate surface area is 314 Å². The van der Waals surface area contributed by atoms with Crippen LogP contribution in [0.2, 0.25) is 0 Å². The lowest BCUT2D eigenvalue weighted by Gasteiger charge is -2.30. The highest BCUT2D eigenvalue weighted by Gasteiger charge is 2.25. The fourth-order valence-corrected chi connectivity index (χ4v) is 8.42. The molecule has 0 aromatic heterocycles. The summed E-state index contributed by atoms with van der Waals surface area (Å²) in [6, 6.07) is 18.7. The first kappa shape index (κ1) is 41.5. The fourth-order valence-electron chi connectivity index (χ4n) is 8.42. The van der Waals surface area contributed by atoms with Gasteiger partial charge in [0.05, 0.1) is 37.6 Å². The van der Waals surface area contributed by atoms with E-state index in [1.54, 1.807) is 0 Å². The van der Waals surface area contributed by atoms with E-state index in [4.69, 9.17) is 19.7 Å². The van der Waals surface area contributed by atoms with Crippen molar-refractivity contribution in [1.29, 1.82) is 0 Å². The fraction of sp³-hybridized carbons (Fsp3) is 0.609. The van der Waals surface area contributed by atoms with Crippen molar-refractivity contribution in [3.63, 3.8) is 0 Å².